The Morgan fingerprint density at radius 2 is 1.96 bits per heavy atom. The third kappa shape index (κ3) is 3.35. The standard InChI is InChI=1S/C19H25N3O3/c23-18-12-21-19(24)22(18)8-7-20-16-6-3-9-25-17-11-14-5-2-1-4-13(14)10-15(16)17/h10-11,16,20H,1-9,12H2,(H,21,24). The molecule has 2 aliphatic heterocycles. The van der Waals surface area contributed by atoms with Gasteiger partial charge in [-0.3, -0.25) is 9.69 Å². The first kappa shape index (κ1) is 16.4. The van der Waals surface area contributed by atoms with Crippen LogP contribution in [0, 0.1) is 0 Å². The molecule has 1 atom stereocenters. The first-order valence-corrected chi connectivity index (χ1v) is 9.32. The number of urea groups is 1. The number of carbonyl (C=O) groups excluding carboxylic acids is 2. The van der Waals surface area contributed by atoms with Crippen molar-refractivity contribution in [2.24, 2.45) is 0 Å². The Balaban J connectivity index is 1.47. The summed E-state index contributed by atoms with van der Waals surface area (Å²) in [7, 11) is 0. The highest BCUT2D eigenvalue weighted by Crippen LogP contribution is 2.36. The fourth-order valence-electron chi connectivity index (χ4n) is 4.05. The van der Waals surface area contributed by atoms with Crippen LogP contribution in [-0.2, 0) is 17.6 Å². The van der Waals surface area contributed by atoms with Gasteiger partial charge in [-0.1, -0.05) is 6.07 Å². The molecule has 2 heterocycles. The summed E-state index contributed by atoms with van der Waals surface area (Å²) >= 11 is 0. The molecular weight excluding hydrogens is 318 g/mol. The number of nitrogens with one attached hydrogen (secondary N) is 2. The lowest BCUT2D eigenvalue weighted by atomic mass is 9.88. The minimum absolute atomic E-state index is 0.116. The molecule has 3 aliphatic rings. The smallest absolute Gasteiger partial charge is 0.324 e. The van der Waals surface area contributed by atoms with Gasteiger partial charge >= 0.3 is 6.03 Å². The molecule has 6 nitrogen and oxygen atoms in total. The summed E-state index contributed by atoms with van der Waals surface area (Å²) in [5, 5.41) is 6.10. The molecule has 1 aliphatic carbocycles. The third-order valence-corrected chi connectivity index (χ3v) is 5.41. The number of fused-ring (bicyclic) bond motifs is 2. The van der Waals surface area contributed by atoms with E-state index < -0.39 is 0 Å². The molecule has 2 N–H and O–H groups in total. The molecule has 4 rings (SSSR count). The van der Waals surface area contributed by atoms with Crippen LogP contribution in [0.4, 0.5) is 4.79 Å². The lowest BCUT2D eigenvalue weighted by Crippen LogP contribution is -2.38. The third-order valence-electron chi connectivity index (χ3n) is 5.41. The first-order valence-electron chi connectivity index (χ1n) is 9.32. The number of nitrogens with zero attached hydrogens (tertiary/aromatic N) is 1. The molecular formula is C19H25N3O3. The van der Waals surface area contributed by atoms with Crippen LogP contribution < -0.4 is 15.4 Å². The average Bonchev–Trinajstić information content (AvgIpc) is 2.82. The van der Waals surface area contributed by atoms with Gasteiger partial charge in [0.05, 0.1) is 13.2 Å². The number of ether oxygens (including phenoxy) is 1. The Bertz CT molecular complexity index is 673. The monoisotopic (exact) mass is 343 g/mol. The maximum Gasteiger partial charge on any atom is 0.324 e. The van der Waals surface area contributed by atoms with Crippen LogP contribution in [0.15, 0.2) is 12.1 Å². The topological polar surface area (TPSA) is 70.7 Å². The Morgan fingerprint density at radius 3 is 2.72 bits per heavy atom. The van der Waals surface area contributed by atoms with E-state index in [2.05, 4.69) is 22.8 Å². The minimum atomic E-state index is -0.287. The van der Waals surface area contributed by atoms with Gasteiger partial charge in [0.15, 0.2) is 0 Å². The van der Waals surface area contributed by atoms with Gasteiger partial charge in [-0.15, -0.1) is 0 Å². The molecule has 134 valence electrons. The van der Waals surface area contributed by atoms with Gasteiger partial charge in [0, 0.05) is 24.7 Å². The van der Waals surface area contributed by atoms with E-state index in [4.69, 9.17) is 4.74 Å². The number of hydrogen-bond acceptors (Lipinski definition) is 4. The largest absolute Gasteiger partial charge is 0.493 e. The number of aryl methyl sites for hydroxylation is 2. The molecule has 0 bridgehead atoms. The highest BCUT2D eigenvalue weighted by atomic mass is 16.5. The molecule has 1 unspecified atom stereocenters. The molecule has 25 heavy (non-hydrogen) atoms. The quantitative estimate of drug-likeness (QED) is 0.820. The highest BCUT2D eigenvalue weighted by Gasteiger charge is 2.28. The summed E-state index contributed by atoms with van der Waals surface area (Å²) in [6, 6.07) is 4.48. The van der Waals surface area contributed by atoms with E-state index in [-0.39, 0.29) is 24.5 Å². The van der Waals surface area contributed by atoms with Gasteiger partial charge in [-0.05, 0) is 55.7 Å². The fraction of sp³-hybridized carbons (Fsp3) is 0.579. The van der Waals surface area contributed by atoms with Crippen molar-refractivity contribution >= 4 is 11.9 Å². The number of rotatable bonds is 4. The Morgan fingerprint density at radius 1 is 1.16 bits per heavy atom. The summed E-state index contributed by atoms with van der Waals surface area (Å²) in [6.45, 7) is 1.87. The van der Waals surface area contributed by atoms with Crippen molar-refractivity contribution in [1.29, 1.82) is 0 Å². The van der Waals surface area contributed by atoms with E-state index in [9.17, 15) is 9.59 Å². The van der Waals surface area contributed by atoms with Crippen molar-refractivity contribution in [3.05, 3.63) is 28.8 Å². The van der Waals surface area contributed by atoms with Crippen LogP contribution in [-0.4, -0.2) is 43.1 Å². The van der Waals surface area contributed by atoms with Crippen molar-refractivity contribution in [2.75, 3.05) is 26.2 Å². The van der Waals surface area contributed by atoms with Crippen LogP contribution in [0.25, 0.3) is 0 Å². The number of imide groups is 1. The van der Waals surface area contributed by atoms with E-state index >= 15 is 0 Å². The van der Waals surface area contributed by atoms with Crippen LogP contribution in [0.1, 0.15) is 48.4 Å². The van der Waals surface area contributed by atoms with E-state index in [0.717, 1.165) is 38.0 Å². The second-order valence-electron chi connectivity index (χ2n) is 7.07. The van der Waals surface area contributed by atoms with Gasteiger partial charge in [-0.2, -0.15) is 0 Å². The molecule has 0 aromatic heterocycles. The predicted molar refractivity (Wildman–Crippen MR) is 93.7 cm³/mol. The van der Waals surface area contributed by atoms with Crippen LogP contribution in [0.3, 0.4) is 0 Å². The van der Waals surface area contributed by atoms with E-state index in [1.54, 1.807) is 0 Å². The number of amides is 3. The Labute approximate surface area is 147 Å². The molecule has 0 saturated carbocycles. The van der Waals surface area contributed by atoms with Crippen molar-refractivity contribution in [3.63, 3.8) is 0 Å². The van der Waals surface area contributed by atoms with Crippen molar-refractivity contribution < 1.29 is 14.3 Å². The first-order chi connectivity index (χ1) is 12.2. The van der Waals surface area contributed by atoms with Crippen LogP contribution in [0.5, 0.6) is 5.75 Å². The summed E-state index contributed by atoms with van der Waals surface area (Å²) in [5.41, 5.74) is 4.12. The molecule has 1 saturated heterocycles. The molecule has 3 amide bonds. The fourth-order valence-corrected chi connectivity index (χ4v) is 4.05. The maximum absolute atomic E-state index is 11.7. The Hall–Kier alpha value is -2.08. The minimum Gasteiger partial charge on any atom is -0.493 e. The molecule has 6 heteroatoms. The summed E-state index contributed by atoms with van der Waals surface area (Å²) in [6.07, 6.45) is 6.83. The predicted octanol–water partition coefficient (Wildman–Crippen LogP) is 1.92. The van der Waals surface area contributed by atoms with Gasteiger partial charge in [-0.25, -0.2) is 4.79 Å². The number of benzene rings is 1. The van der Waals surface area contributed by atoms with E-state index in [1.807, 2.05) is 0 Å². The SMILES string of the molecule is O=C1CNC(=O)N1CCNC1CCCOc2cc3c(cc21)CCCC3. The normalized spacial score (nSPS) is 22.7. The van der Waals surface area contributed by atoms with Gasteiger partial charge in [0.1, 0.15) is 5.75 Å². The van der Waals surface area contributed by atoms with Crippen molar-refractivity contribution in [3.8, 4) is 5.75 Å². The van der Waals surface area contributed by atoms with Crippen molar-refractivity contribution in [2.45, 2.75) is 44.6 Å². The van der Waals surface area contributed by atoms with Gasteiger partial charge in [0.25, 0.3) is 0 Å². The zero-order chi connectivity index (χ0) is 17.2. The van der Waals surface area contributed by atoms with Crippen LogP contribution >= 0.6 is 0 Å². The van der Waals surface area contributed by atoms with Crippen LogP contribution in [0.2, 0.25) is 0 Å². The Kier molecular flexibility index (Phi) is 4.61. The lowest BCUT2D eigenvalue weighted by Gasteiger charge is -2.23. The summed E-state index contributed by atoms with van der Waals surface area (Å²) in [4.78, 5) is 24.6. The number of hydrogen-bond donors (Lipinski definition) is 2. The molecule has 1 aromatic rings. The van der Waals surface area contributed by atoms with Gasteiger partial charge < -0.3 is 15.4 Å². The lowest BCUT2D eigenvalue weighted by molar-refractivity contribution is -0.124. The maximum atomic E-state index is 11.7. The molecule has 0 spiro atoms. The molecule has 0 radical (unpaired) electrons. The molecule has 1 aromatic carbocycles. The molecule has 1 fully saturated rings. The highest BCUT2D eigenvalue weighted by molar-refractivity contribution is 6.01. The van der Waals surface area contributed by atoms with Gasteiger partial charge in [0.2, 0.25) is 5.91 Å². The second kappa shape index (κ2) is 7.04. The zero-order valence-corrected chi connectivity index (χ0v) is 14.5. The summed E-state index contributed by atoms with van der Waals surface area (Å²) in [5.74, 6) is 0.858. The van der Waals surface area contributed by atoms with Crippen molar-refractivity contribution in [1.82, 2.24) is 15.5 Å². The second-order valence-corrected chi connectivity index (χ2v) is 7.07. The summed E-state index contributed by atoms with van der Waals surface area (Å²) < 4.78 is 5.99. The van der Waals surface area contributed by atoms with E-state index in [0.29, 0.717) is 13.1 Å². The zero-order valence-electron chi connectivity index (χ0n) is 14.5. The number of carbonyl (C=O) groups is 2. The average molecular weight is 343 g/mol. The van der Waals surface area contributed by atoms with E-state index in [1.165, 1.54) is 34.4 Å².